The number of carbonyl (C=O) groups excluding carboxylic acids is 1. The van der Waals surface area contributed by atoms with Crippen LogP contribution < -0.4 is 10.6 Å². The van der Waals surface area contributed by atoms with Crippen LogP contribution in [-0.4, -0.2) is 38.9 Å². The van der Waals surface area contributed by atoms with Crippen LogP contribution in [0.4, 0.5) is 5.69 Å². The summed E-state index contributed by atoms with van der Waals surface area (Å²) in [4.78, 5) is 12.1. The number of hydrogen-bond acceptors (Lipinski definition) is 4. The molecule has 0 aliphatic carbocycles. The summed E-state index contributed by atoms with van der Waals surface area (Å²) in [7, 11) is -1.42. The largest absolute Gasteiger partial charge is 0.388 e. The lowest BCUT2D eigenvalue weighted by Gasteiger charge is -2.23. The molecule has 112 valence electrons. The molecule has 0 fully saturated rings. The van der Waals surface area contributed by atoms with Gasteiger partial charge in [0.25, 0.3) is 5.91 Å². The molecule has 20 heavy (non-hydrogen) atoms. The lowest BCUT2D eigenvalue weighted by Crippen LogP contribution is -2.43. The fourth-order valence-corrected chi connectivity index (χ4v) is 1.93. The minimum Gasteiger partial charge on any atom is -0.388 e. The van der Waals surface area contributed by atoms with E-state index in [-0.39, 0.29) is 12.5 Å². The molecule has 0 unspecified atom stereocenters. The number of amides is 1. The van der Waals surface area contributed by atoms with Crippen molar-refractivity contribution in [1.82, 2.24) is 5.32 Å². The van der Waals surface area contributed by atoms with Crippen LogP contribution in [0.15, 0.2) is 18.2 Å². The van der Waals surface area contributed by atoms with Gasteiger partial charge in [-0.15, -0.1) is 0 Å². The molecule has 0 radical (unpaired) electrons. The molecule has 6 heteroatoms. The first-order chi connectivity index (χ1) is 9.08. The molecule has 0 spiro atoms. The second-order valence-electron chi connectivity index (χ2n) is 5.49. The van der Waals surface area contributed by atoms with Crippen molar-refractivity contribution in [2.24, 2.45) is 0 Å². The molecule has 0 saturated heterocycles. The normalized spacial score (nSPS) is 12.1. The molecule has 0 saturated carbocycles. The molecule has 0 heterocycles. The van der Waals surface area contributed by atoms with Gasteiger partial charge in [-0.05, 0) is 44.5 Å². The van der Waals surface area contributed by atoms with E-state index in [4.69, 9.17) is 0 Å². The average molecular weight is 298 g/mol. The highest BCUT2D eigenvalue weighted by Gasteiger charge is 2.30. The Morgan fingerprint density at radius 2 is 1.90 bits per heavy atom. The first-order valence-corrected chi connectivity index (χ1v) is 8.24. The predicted octanol–water partition coefficient (Wildman–Crippen LogP) is 1.59. The van der Waals surface area contributed by atoms with E-state index in [2.05, 4.69) is 10.6 Å². The monoisotopic (exact) mass is 298 g/mol. The van der Waals surface area contributed by atoms with E-state index in [0.29, 0.717) is 5.56 Å². The molecule has 1 aromatic carbocycles. The molecular weight excluding hydrogens is 276 g/mol. The molecule has 2 N–H and O–H groups in total. The van der Waals surface area contributed by atoms with Crippen molar-refractivity contribution >= 4 is 21.4 Å². The lowest BCUT2D eigenvalue weighted by atomic mass is 10.1. The average Bonchev–Trinajstić information content (AvgIpc) is 2.34. The van der Waals surface area contributed by atoms with Crippen LogP contribution in [0.5, 0.6) is 0 Å². The van der Waals surface area contributed by atoms with Crippen molar-refractivity contribution in [1.29, 1.82) is 0 Å². The van der Waals surface area contributed by atoms with E-state index in [1.54, 1.807) is 19.9 Å². The van der Waals surface area contributed by atoms with Crippen molar-refractivity contribution in [3.8, 4) is 0 Å². The summed E-state index contributed by atoms with van der Waals surface area (Å²) in [6, 6.07) is 5.41. The van der Waals surface area contributed by atoms with Crippen LogP contribution in [0, 0.1) is 6.92 Å². The fraction of sp³-hybridized carbons (Fsp3) is 0.500. The summed E-state index contributed by atoms with van der Waals surface area (Å²) in [6.07, 6.45) is 1.17. The highest BCUT2D eigenvalue weighted by molar-refractivity contribution is 7.92. The Kier molecular flexibility index (Phi) is 4.81. The third-order valence-electron chi connectivity index (χ3n) is 3.44. The van der Waals surface area contributed by atoms with Gasteiger partial charge in [-0.3, -0.25) is 4.79 Å². The molecule has 1 aromatic rings. The molecule has 5 nitrogen and oxygen atoms in total. The van der Waals surface area contributed by atoms with E-state index in [1.165, 1.54) is 6.26 Å². The van der Waals surface area contributed by atoms with Crippen LogP contribution in [0.3, 0.4) is 0 Å². The van der Waals surface area contributed by atoms with Crippen molar-refractivity contribution in [2.75, 3.05) is 25.2 Å². The van der Waals surface area contributed by atoms with Crippen molar-refractivity contribution < 1.29 is 13.2 Å². The zero-order valence-corrected chi connectivity index (χ0v) is 13.4. The SMILES string of the molecule is CNc1ccc(C(=O)NCC(C)(C)S(C)(=O)=O)c(C)c1. The maximum absolute atomic E-state index is 12.1. The standard InChI is InChI=1S/C14H22N2O3S/c1-10-8-11(15-4)6-7-12(10)13(17)16-9-14(2,3)20(5,18)19/h6-8,15H,9H2,1-5H3,(H,16,17). The van der Waals surface area contributed by atoms with Crippen LogP contribution in [0.2, 0.25) is 0 Å². The number of anilines is 1. The Bertz CT molecular complexity index is 607. The van der Waals surface area contributed by atoms with Gasteiger partial charge >= 0.3 is 0 Å². The minimum absolute atomic E-state index is 0.0812. The minimum atomic E-state index is -3.23. The van der Waals surface area contributed by atoms with Gasteiger partial charge in [0.05, 0.1) is 4.75 Å². The van der Waals surface area contributed by atoms with E-state index < -0.39 is 14.6 Å². The molecular formula is C14H22N2O3S. The van der Waals surface area contributed by atoms with Gasteiger partial charge in [0.1, 0.15) is 0 Å². The summed E-state index contributed by atoms with van der Waals surface area (Å²) in [5, 5.41) is 5.68. The number of nitrogens with one attached hydrogen (secondary N) is 2. The number of sulfone groups is 1. The Morgan fingerprint density at radius 3 is 2.35 bits per heavy atom. The molecule has 1 amide bonds. The summed E-state index contributed by atoms with van der Waals surface area (Å²) < 4.78 is 22.2. The number of aryl methyl sites for hydroxylation is 1. The third kappa shape index (κ3) is 3.72. The van der Waals surface area contributed by atoms with Gasteiger partial charge in [0, 0.05) is 31.1 Å². The summed E-state index contributed by atoms with van der Waals surface area (Å²) in [5.74, 6) is -0.262. The number of carbonyl (C=O) groups is 1. The number of benzene rings is 1. The first-order valence-electron chi connectivity index (χ1n) is 6.34. The van der Waals surface area contributed by atoms with Crippen molar-refractivity contribution in [3.05, 3.63) is 29.3 Å². The van der Waals surface area contributed by atoms with E-state index in [0.717, 1.165) is 11.3 Å². The summed E-state index contributed by atoms with van der Waals surface area (Å²) in [5.41, 5.74) is 2.32. The van der Waals surface area contributed by atoms with Crippen LogP contribution in [0.25, 0.3) is 0 Å². The molecule has 1 rings (SSSR count). The van der Waals surface area contributed by atoms with Crippen molar-refractivity contribution in [2.45, 2.75) is 25.5 Å². The summed E-state index contributed by atoms with van der Waals surface area (Å²) >= 11 is 0. The molecule has 0 aliphatic heterocycles. The molecule has 0 bridgehead atoms. The number of rotatable bonds is 5. The van der Waals surface area contributed by atoms with Gasteiger partial charge in [0.15, 0.2) is 9.84 Å². The molecule has 0 aliphatic rings. The topological polar surface area (TPSA) is 75.3 Å². The Hall–Kier alpha value is -1.56. The second-order valence-corrected chi connectivity index (χ2v) is 8.14. The highest BCUT2D eigenvalue weighted by Crippen LogP contribution is 2.16. The van der Waals surface area contributed by atoms with Crippen LogP contribution in [-0.2, 0) is 9.84 Å². The van der Waals surface area contributed by atoms with E-state index in [9.17, 15) is 13.2 Å². The van der Waals surface area contributed by atoms with E-state index in [1.807, 2.05) is 26.1 Å². The first kappa shape index (κ1) is 16.5. The second kappa shape index (κ2) is 5.83. The van der Waals surface area contributed by atoms with Gasteiger partial charge in [-0.25, -0.2) is 8.42 Å². The van der Waals surface area contributed by atoms with E-state index >= 15 is 0 Å². The van der Waals surface area contributed by atoms with Gasteiger partial charge in [-0.1, -0.05) is 0 Å². The van der Waals surface area contributed by atoms with Gasteiger partial charge < -0.3 is 10.6 Å². The quantitative estimate of drug-likeness (QED) is 0.865. The maximum atomic E-state index is 12.1. The molecule has 0 atom stereocenters. The van der Waals surface area contributed by atoms with Crippen LogP contribution in [0.1, 0.15) is 29.8 Å². The Labute approximate surface area is 120 Å². The zero-order chi connectivity index (χ0) is 15.6. The fourth-order valence-electron chi connectivity index (χ4n) is 1.59. The smallest absolute Gasteiger partial charge is 0.251 e. The van der Waals surface area contributed by atoms with Crippen molar-refractivity contribution in [3.63, 3.8) is 0 Å². The Balaban J connectivity index is 2.83. The highest BCUT2D eigenvalue weighted by atomic mass is 32.2. The zero-order valence-electron chi connectivity index (χ0n) is 12.6. The van der Waals surface area contributed by atoms with Gasteiger partial charge in [0.2, 0.25) is 0 Å². The van der Waals surface area contributed by atoms with Gasteiger partial charge in [-0.2, -0.15) is 0 Å². The summed E-state index contributed by atoms with van der Waals surface area (Å²) in [6.45, 7) is 5.12. The maximum Gasteiger partial charge on any atom is 0.251 e. The molecule has 0 aromatic heterocycles. The number of hydrogen-bond donors (Lipinski definition) is 2. The Morgan fingerprint density at radius 1 is 1.30 bits per heavy atom. The lowest BCUT2D eigenvalue weighted by molar-refractivity contribution is 0.0950. The third-order valence-corrected chi connectivity index (χ3v) is 5.59. The van der Waals surface area contributed by atoms with Crippen LogP contribution >= 0.6 is 0 Å². The predicted molar refractivity (Wildman–Crippen MR) is 82.0 cm³/mol.